The summed E-state index contributed by atoms with van der Waals surface area (Å²) in [6, 6.07) is 18.7. The molecule has 0 saturated heterocycles. The summed E-state index contributed by atoms with van der Waals surface area (Å²) >= 11 is 0. The molecule has 1 aromatic heterocycles. The predicted molar refractivity (Wildman–Crippen MR) is 184 cm³/mol. The van der Waals surface area contributed by atoms with Crippen LogP contribution in [0.5, 0.6) is 40.2 Å². The number of aromatic nitrogens is 2. The Morgan fingerprint density at radius 3 is 2.19 bits per heavy atom. The number of rotatable bonds is 3. The van der Waals surface area contributed by atoms with Gasteiger partial charge in [-0.3, -0.25) is 9.80 Å². The molecule has 0 radical (unpaired) electrons. The molecule has 0 fully saturated rings. The van der Waals surface area contributed by atoms with Gasteiger partial charge < -0.3 is 33.7 Å². The number of imidazole rings is 1. The maximum absolute atomic E-state index is 12.4. The molecule has 5 heterocycles. The fraction of sp³-hybridized carbons (Fsp3) is 0.342. The van der Waals surface area contributed by atoms with Crippen molar-refractivity contribution in [3.63, 3.8) is 0 Å². The maximum Gasteiger partial charge on any atom is 0.323 e. The summed E-state index contributed by atoms with van der Waals surface area (Å²) in [5, 5.41) is 0. The van der Waals surface area contributed by atoms with E-state index in [-0.39, 0.29) is 17.8 Å². The molecular weight excluding hydrogens is 608 g/mol. The molecule has 48 heavy (non-hydrogen) atoms. The average Bonchev–Trinajstić information content (AvgIpc) is 3.47. The summed E-state index contributed by atoms with van der Waals surface area (Å²) < 4.78 is 31.4. The number of nitrogens with zero attached hydrogens (tertiary/aromatic N) is 2. The first-order valence-corrected chi connectivity index (χ1v) is 16.4. The van der Waals surface area contributed by atoms with Crippen LogP contribution >= 0.6 is 0 Å². The number of benzene rings is 4. The molecule has 0 amide bonds. The lowest BCUT2D eigenvalue weighted by Gasteiger charge is -2.37. The van der Waals surface area contributed by atoms with Crippen LogP contribution in [0.2, 0.25) is 0 Å². The molecule has 2 atom stereocenters. The van der Waals surface area contributed by atoms with Crippen LogP contribution in [-0.4, -0.2) is 68.3 Å². The quantitative estimate of drug-likeness (QED) is 0.234. The highest BCUT2D eigenvalue weighted by Gasteiger charge is 2.34. The first-order chi connectivity index (χ1) is 23.3. The Balaban J connectivity index is 1.37. The van der Waals surface area contributed by atoms with Crippen LogP contribution in [0.25, 0.3) is 11.0 Å². The summed E-state index contributed by atoms with van der Waals surface area (Å²) in [6.07, 6.45) is 3.18. The van der Waals surface area contributed by atoms with Crippen LogP contribution in [0.4, 0.5) is 0 Å². The number of hydrogen-bond donors (Lipinski definition) is 2. The Morgan fingerprint density at radius 1 is 0.729 bits per heavy atom. The van der Waals surface area contributed by atoms with Crippen molar-refractivity contribution in [1.82, 2.24) is 19.8 Å². The zero-order chi connectivity index (χ0) is 33.1. The predicted octanol–water partition coefficient (Wildman–Crippen LogP) is 6.32. The fourth-order valence-electron chi connectivity index (χ4n) is 7.71. The van der Waals surface area contributed by atoms with Crippen LogP contribution in [0.15, 0.2) is 59.4 Å². The van der Waals surface area contributed by atoms with Crippen molar-refractivity contribution in [3.8, 4) is 40.2 Å². The highest BCUT2D eigenvalue weighted by Crippen LogP contribution is 2.51. The normalized spacial score (nSPS) is 19.1. The molecule has 0 saturated carbocycles. The largest absolute Gasteiger partial charge is 0.493 e. The van der Waals surface area contributed by atoms with Gasteiger partial charge in [-0.2, -0.15) is 0 Å². The van der Waals surface area contributed by atoms with Crippen LogP contribution < -0.4 is 29.4 Å². The third-order valence-electron chi connectivity index (χ3n) is 10.3. The summed E-state index contributed by atoms with van der Waals surface area (Å²) in [4.78, 5) is 23.1. The average molecular weight is 649 g/mol. The number of aromatic amines is 2. The number of fused-ring (bicyclic) bond motifs is 3. The number of likely N-dealkylation sites (N-methyl/N-ethyl adjacent to an activating group) is 2. The molecule has 10 heteroatoms. The number of hydrogen-bond acceptors (Lipinski definition) is 8. The van der Waals surface area contributed by atoms with Crippen molar-refractivity contribution in [2.75, 3.05) is 48.5 Å². The number of methoxy groups -OCH3 is 3. The topological polar surface area (TPSA) is 101 Å². The van der Waals surface area contributed by atoms with E-state index in [0.717, 1.165) is 49.0 Å². The van der Waals surface area contributed by atoms with Crippen molar-refractivity contribution in [2.45, 2.75) is 37.8 Å². The van der Waals surface area contributed by atoms with E-state index in [1.54, 1.807) is 21.3 Å². The lowest BCUT2D eigenvalue weighted by Crippen LogP contribution is -2.34. The lowest BCUT2D eigenvalue weighted by molar-refractivity contribution is 0.220. The van der Waals surface area contributed by atoms with Crippen LogP contribution in [0.3, 0.4) is 0 Å². The lowest BCUT2D eigenvalue weighted by atomic mass is 9.87. The van der Waals surface area contributed by atoms with Crippen molar-refractivity contribution in [1.29, 1.82) is 0 Å². The van der Waals surface area contributed by atoms with Crippen LogP contribution in [-0.2, 0) is 25.7 Å². The van der Waals surface area contributed by atoms with Gasteiger partial charge in [-0.25, -0.2) is 4.79 Å². The zero-order valence-electron chi connectivity index (χ0n) is 27.9. The van der Waals surface area contributed by atoms with Gasteiger partial charge >= 0.3 is 5.69 Å². The van der Waals surface area contributed by atoms with Crippen molar-refractivity contribution in [2.24, 2.45) is 0 Å². The highest BCUT2D eigenvalue weighted by atomic mass is 16.5. The van der Waals surface area contributed by atoms with Crippen molar-refractivity contribution in [3.05, 3.63) is 98.5 Å². The molecule has 0 spiro atoms. The molecule has 10 nitrogen and oxygen atoms in total. The van der Waals surface area contributed by atoms with Gasteiger partial charge in [0.05, 0.1) is 26.8 Å². The van der Waals surface area contributed by atoms with E-state index in [4.69, 9.17) is 23.7 Å². The summed E-state index contributed by atoms with van der Waals surface area (Å²) in [7, 11) is 9.33. The molecule has 6 bridgehead atoms. The van der Waals surface area contributed by atoms with E-state index < -0.39 is 0 Å². The SMILES string of the molecule is COc1cc2c3cc1Oc1c(OC)c(OC)cc4c1[C@H](Cc1ccc(cc1)Oc1cc(cc5[nH]c(=O)[nH]c15)C[C@H]3N(C)CC2)N(C)CC4. The van der Waals surface area contributed by atoms with E-state index in [2.05, 4.69) is 64.2 Å². The minimum absolute atomic E-state index is 0.0120. The monoisotopic (exact) mass is 648 g/mol. The Bertz CT molecular complexity index is 2080. The zero-order valence-corrected chi connectivity index (χ0v) is 27.9. The van der Waals surface area contributed by atoms with Crippen molar-refractivity contribution < 1.29 is 23.7 Å². The van der Waals surface area contributed by atoms with Gasteiger partial charge in [0.1, 0.15) is 11.3 Å². The summed E-state index contributed by atoms with van der Waals surface area (Å²) in [5.74, 6) is 4.45. The fourth-order valence-corrected chi connectivity index (χ4v) is 7.71. The summed E-state index contributed by atoms with van der Waals surface area (Å²) in [5.41, 5.74) is 7.95. The first-order valence-electron chi connectivity index (χ1n) is 16.4. The van der Waals surface area contributed by atoms with E-state index in [1.165, 1.54) is 16.7 Å². The molecule has 4 aromatic carbocycles. The van der Waals surface area contributed by atoms with E-state index in [0.29, 0.717) is 57.7 Å². The van der Waals surface area contributed by atoms with Gasteiger partial charge in [0, 0.05) is 30.7 Å². The van der Waals surface area contributed by atoms with E-state index in [9.17, 15) is 4.79 Å². The second-order valence-electron chi connectivity index (χ2n) is 13.1. The molecule has 248 valence electrons. The number of H-pyrrole nitrogens is 2. The number of nitrogens with one attached hydrogen (secondary N) is 2. The Morgan fingerprint density at radius 2 is 1.44 bits per heavy atom. The van der Waals surface area contributed by atoms with Gasteiger partial charge in [-0.15, -0.1) is 0 Å². The number of ether oxygens (including phenoxy) is 5. The minimum atomic E-state index is -0.266. The third kappa shape index (κ3) is 5.16. The van der Waals surface area contributed by atoms with Crippen molar-refractivity contribution >= 4 is 11.0 Å². The maximum atomic E-state index is 12.4. The Labute approximate surface area is 279 Å². The van der Waals surface area contributed by atoms with Crippen LogP contribution in [0, 0.1) is 0 Å². The molecule has 5 aromatic rings. The molecule has 0 aliphatic carbocycles. The second kappa shape index (κ2) is 11.9. The van der Waals surface area contributed by atoms with Crippen LogP contribution in [0.1, 0.15) is 45.5 Å². The Hall–Kier alpha value is -4.93. The van der Waals surface area contributed by atoms with Gasteiger partial charge in [-0.05, 0) is 110 Å². The van der Waals surface area contributed by atoms with Gasteiger partial charge in [0.25, 0.3) is 0 Å². The molecule has 9 rings (SSSR count). The minimum Gasteiger partial charge on any atom is -0.493 e. The van der Waals surface area contributed by atoms with E-state index in [1.807, 2.05) is 24.3 Å². The van der Waals surface area contributed by atoms with E-state index >= 15 is 0 Å². The molecule has 4 aliphatic heterocycles. The second-order valence-corrected chi connectivity index (χ2v) is 13.1. The molecule has 4 aliphatic rings. The molecular formula is C38H40N4O6. The van der Waals surface area contributed by atoms with Gasteiger partial charge in [0.15, 0.2) is 28.7 Å². The molecule has 2 N–H and O–H groups in total. The molecule has 0 unspecified atom stereocenters. The summed E-state index contributed by atoms with van der Waals surface area (Å²) in [6.45, 7) is 1.79. The third-order valence-corrected chi connectivity index (χ3v) is 10.3. The first kappa shape index (κ1) is 30.4. The standard InChI is InChI=1S/C38H40N4O6/c1-41-12-10-23-18-30(44-3)31-20-26(23)28(41)16-22-14-27-35(40-38(43)39-27)32(17-22)47-25-8-6-21(7-9-25)15-29-34-24(11-13-42(29)2)19-33(45-4)36(46-5)37(34)48-31/h6-9,14,17-20,28-29H,10-13,15-16H2,1-5H3,(H2,39,40,43)/t28-,29+/m1/s1. The van der Waals surface area contributed by atoms with Gasteiger partial charge in [-0.1, -0.05) is 12.1 Å². The smallest absolute Gasteiger partial charge is 0.323 e. The Kier molecular flexibility index (Phi) is 7.57. The highest BCUT2D eigenvalue weighted by molar-refractivity contribution is 5.82. The van der Waals surface area contributed by atoms with Gasteiger partial charge in [0.2, 0.25) is 5.75 Å².